The second-order valence-corrected chi connectivity index (χ2v) is 13.9. The molecule has 0 bridgehead atoms. The molecule has 46 heavy (non-hydrogen) atoms. The standard InChI is InChI=1S/C37H42FN3O4S/c1-21-25-13-10-18-44-32(25)28(38)19-26(21)31-27-20-29(35(46)41-16-14-24(15-17-41)23-11-8-7-9-12-23)40(6)34(27)39-22(2)30(31)33(36(42)43)45-37(3,4)5/h7-9,11-12,19-20,24,33H,10,13-18H2,1-6H3,(H,42,43). The van der Waals surface area contributed by atoms with Crippen LogP contribution in [0.4, 0.5) is 4.39 Å². The lowest BCUT2D eigenvalue weighted by molar-refractivity contribution is -0.160. The Morgan fingerprint density at radius 3 is 2.50 bits per heavy atom. The van der Waals surface area contributed by atoms with Crippen LogP contribution in [-0.2, 0) is 23.0 Å². The Hall–Kier alpha value is -3.82. The minimum Gasteiger partial charge on any atom is -0.490 e. The Kier molecular flexibility index (Phi) is 8.67. The predicted octanol–water partition coefficient (Wildman–Crippen LogP) is 7.82. The van der Waals surface area contributed by atoms with Gasteiger partial charge < -0.3 is 24.0 Å². The molecule has 2 aliphatic heterocycles. The van der Waals surface area contributed by atoms with Crippen molar-refractivity contribution in [3.8, 4) is 16.9 Å². The number of thiocarbonyl (C=S) groups is 1. The summed E-state index contributed by atoms with van der Waals surface area (Å²) in [6.07, 6.45) is 2.14. The van der Waals surface area contributed by atoms with E-state index in [1.165, 1.54) is 11.6 Å². The average molecular weight is 644 g/mol. The molecule has 0 aliphatic carbocycles. The highest BCUT2D eigenvalue weighted by molar-refractivity contribution is 7.80. The number of ether oxygens (including phenoxy) is 2. The number of fused-ring (bicyclic) bond motifs is 2. The Labute approximate surface area is 275 Å². The minimum atomic E-state index is -1.32. The van der Waals surface area contributed by atoms with Gasteiger partial charge in [0.2, 0.25) is 0 Å². The quantitative estimate of drug-likeness (QED) is 0.215. The fourth-order valence-corrected chi connectivity index (χ4v) is 7.46. The lowest BCUT2D eigenvalue weighted by Gasteiger charge is -2.34. The lowest BCUT2D eigenvalue weighted by Crippen LogP contribution is -2.38. The summed E-state index contributed by atoms with van der Waals surface area (Å²) < 4.78 is 29.7. The summed E-state index contributed by atoms with van der Waals surface area (Å²) in [7, 11) is 1.94. The van der Waals surface area contributed by atoms with Crippen LogP contribution < -0.4 is 4.74 Å². The number of rotatable bonds is 6. The van der Waals surface area contributed by atoms with Crippen LogP contribution in [-0.4, -0.2) is 55.8 Å². The number of carboxylic acids is 1. The summed E-state index contributed by atoms with van der Waals surface area (Å²) in [5.41, 5.74) is 5.89. The number of aromatic nitrogens is 2. The molecular weight excluding hydrogens is 601 g/mol. The Balaban J connectivity index is 1.51. The molecule has 1 atom stereocenters. The van der Waals surface area contributed by atoms with Crippen molar-refractivity contribution >= 4 is 34.2 Å². The molecule has 2 aromatic carbocycles. The normalized spacial score (nSPS) is 16.3. The molecule has 2 aromatic heterocycles. The Morgan fingerprint density at radius 1 is 1.15 bits per heavy atom. The van der Waals surface area contributed by atoms with Gasteiger partial charge in [-0.25, -0.2) is 14.2 Å². The number of hydrogen-bond donors (Lipinski definition) is 1. The van der Waals surface area contributed by atoms with E-state index in [0.29, 0.717) is 52.4 Å². The van der Waals surface area contributed by atoms with Gasteiger partial charge in [0.25, 0.3) is 0 Å². The van der Waals surface area contributed by atoms with Crippen molar-refractivity contribution in [1.82, 2.24) is 14.5 Å². The number of carbonyl (C=O) groups is 1. The second kappa shape index (κ2) is 12.4. The molecule has 4 aromatic rings. The van der Waals surface area contributed by atoms with E-state index in [9.17, 15) is 9.90 Å². The molecule has 2 aliphatic rings. The first-order chi connectivity index (χ1) is 21.9. The third-order valence-electron chi connectivity index (χ3n) is 9.34. The fraction of sp³-hybridized carbons (Fsp3) is 0.432. The van der Waals surface area contributed by atoms with Gasteiger partial charge in [0.15, 0.2) is 17.7 Å². The van der Waals surface area contributed by atoms with E-state index >= 15 is 4.39 Å². The van der Waals surface area contributed by atoms with Gasteiger partial charge in [-0.1, -0.05) is 42.5 Å². The molecule has 1 N–H and O–H groups in total. The number of hydrogen-bond acceptors (Lipinski definition) is 5. The van der Waals surface area contributed by atoms with E-state index in [1.54, 1.807) is 6.92 Å². The van der Waals surface area contributed by atoms with Crippen LogP contribution in [0.2, 0.25) is 0 Å². The van der Waals surface area contributed by atoms with Crippen LogP contribution >= 0.6 is 12.2 Å². The van der Waals surface area contributed by atoms with Crippen LogP contribution in [0.25, 0.3) is 22.2 Å². The van der Waals surface area contributed by atoms with Gasteiger partial charge in [0.1, 0.15) is 10.6 Å². The SMILES string of the molecule is Cc1nc2c(cc(C(=S)N3CCC(c4ccccc4)CC3)n2C)c(-c2cc(F)c3c(c2C)CCCO3)c1C(OC(C)(C)C)C(=O)O. The zero-order valence-corrected chi connectivity index (χ0v) is 28.3. The smallest absolute Gasteiger partial charge is 0.337 e. The summed E-state index contributed by atoms with van der Waals surface area (Å²) in [4.78, 5) is 20.8. The molecule has 9 heteroatoms. The first-order valence-corrected chi connectivity index (χ1v) is 16.5. The maximum absolute atomic E-state index is 15.7. The van der Waals surface area contributed by atoms with Crippen molar-refractivity contribution < 1.29 is 23.8 Å². The van der Waals surface area contributed by atoms with Crippen LogP contribution in [0.3, 0.4) is 0 Å². The monoisotopic (exact) mass is 643 g/mol. The van der Waals surface area contributed by atoms with Crippen LogP contribution in [0.1, 0.15) is 85.7 Å². The highest BCUT2D eigenvalue weighted by Crippen LogP contribution is 2.45. The number of halogens is 1. The maximum Gasteiger partial charge on any atom is 0.337 e. The highest BCUT2D eigenvalue weighted by Gasteiger charge is 2.35. The summed E-state index contributed by atoms with van der Waals surface area (Å²) in [5.74, 6) is -0.813. The first-order valence-electron chi connectivity index (χ1n) is 16.1. The Bertz CT molecular complexity index is 1820. The van der Waals surface area contributed by atoms with Crippen LogP contribution in [0, 0.1) is 19.7 Å². The molecule has 0 saturated carbocycles. The molecule has 0 amide bonds. The minimum absolute atomic E-state index is 0.283. The molecule has 0 radical (unpaired) electrons. The summed E-state index contributed by atoms with van der Waals surface area (Å²) in [6.45, 7) is 11.4. The van der Waals surface area contributed by atoms with Crippen molar-refractivity contribution in [3.05, 3.63) is 81.9 Å². The number of aliphatic carboxylic acids is 1. The van der Waals surface area contributed by atoms with Crippen LogP contribution in [0.15, 0.2) is 42.5 Å². The molecule has 1 unspecified atom stereocenters. The summed E-state index contributed by atoms with van der Waals surface area (Å²) in [6, 6.07) is 14.1. The molecule has 1 fully saturated rings. The highest BCUT2D eigenvalue weighted by atomic mass is 32.1. The van der Waals surface area contributed by atoms with Gasteiger partial charge in [-0.2, -0.15) is 0 Å². The van der Waals surface area contributed by atoms with Crippen molar-refractivity contribution in [1.29, 1.82) is 0 Å². The van der Waals surface area contributed by atoms with Crippen molar-refractivity contribution in [3.63, 3.8) is 0 Å². The number of likely N-dealkylation sites (tertiary alicyclic amines) is 1. The Morgan fingerprint density at radius 2 is 1.85 bits per heavy atom. The van der Waals surface area contributed by atoms with Crippen molar-refractivity contribution in [2.75, 3.05) is 19.7 Å². The summed E-state index contributed by atoms with van der Waals surface area (Å²) >= 11 is 6.12. The van der Waals surface area contributed by atoms with E-state index < -0.39 is 23.5 Å². The van der Waals surface area contributed by atoms with Gasteiger partial charge in [0.05, 0.1) is 17.9 Å². The molecule has 242 valence electrons. The molecule has 1 saturated heterocycles. The first kappa shape index (κ1) is 32.1. The van der Waals surface area contributed by atoms with Gasteiger partial charge in [-0.3, -0.25) is 0 Å². The number of nitrogens with zero attached hydrogens (tertiary/aromatic N) is 3. The number of pyridine rings is 1. The molecule has 6 rings (SSSR count). The van der Waals surface area contributed by atoms with E-state index in [0.717, 1.165) is 54.2 Å². The van der Waals surface area contributed by atoms with Gasteiger partial charge >= 0.3 is 5.97 Å². The van der Waals surface area contributed by atoms with E-state index in [1.807, 2.05) is 51.4 Å². The van der Waals surface area contributed by atoms with Gasteiger partial charge in [0, 0.05) is 47.9 Å². The topological polar surface area (TPSA) is 76.8 Å². The average Bonchev–Trinajstić information content (AvgIpc) is 3.36. The number of benzene rings is 2. The third-order valence-corrected chi connectivity index (χ3v) is 9.81. The molecule has 7 nitrogen and oxygen atoms in total. The van der Waals surface area contributed by atoms with Gasteiger partial charge in [-0.15, -0.1) is 0 Å². The van der Waals surface area contributed by atoms with Crippen molar-refractivity contribution in [2.24, 2.45) is 7.05 Å². The predicted molar refractivity (Wildman–Crippen MR) is 182 cm³/mol. The van der Waals surface area contributed by atoms with E-state index in [-0.39, 0.29) is 5.75 Å². The number of carboxylic acid groups (broad SMARTS) is 1. The third kappa shape index (κ3) is 5.91. The second-order valence-electron chi connectivity index (χ2n) is 13.5. The zero-order valence-electron chi connectivity index (χ0n) is 27.4. The van der Waals surface area contributed by atoms with Gasteiger partial charge in [-0.05, 0) is 95.0 Å². The van der Waals surface area contributed by atoms with E-state index in [2.05, 4.69) is 29.2 Å². The zero-order chi connectivity index (χ0) is 32.9. The van der Waals surface area contributed by atoms with Crippen LogP contribution in [0.5, 0.6) is 5.75 Å². The lowest BCUT2D eigenvalue weighted by atomic mass is 9.86. The number of piperidine rings is 1. The molecule has 0 spiro atoms. The molecular formula is C37H42FN3O4S. The largest absolute Gasteiger partial charge is 0.490 e. The van der Waals surface area contributed by atoms with Crippen molar-refractivity contribution in [2.45, 2.75) is 77.9 Å². The summed E-state index contributed by atoms with van der Waals surface area (Å²) in [5, 5.41) is 11.2. The maximum atomic E-state index is 15.7. The van der Waals surface area contributed by atoms with E-state index in [4.69, 9.17) is 26.7 Å². The molecule has 4 heterocycles. The fourth-order valence-electron chi connectivity index (χ4n) is 7.08. The number of aryl methyl sites for hydroxylation is 2.